The maximum Gasteiger partial charge on any atom is 0.258 e. The molecule has 0 bridgehead atoms. The van der Waals surface area contributed by atoms with Gasteiger partial charge in [-0.05, 0) is 24.3 Å². The Morgan fingerprint density at radius 2 is 2.05 bits per heavy atom. The normalized spacial score (nSPS) is 10.5. The minimum Gasteiger partial charge on any atom is -0.334 e. The molecule has 0 N–H and O–H groups in total. The van der Waals surface area contributed by atoms with Gasteiger partial charge in [0.1, 0.15) is 0 Å². The number of rotatable bonds is 4. The Kier molecular flexibility index (Phi) is 3.55. The zero-order valence-corrected chi connectivity index (χ0v) is 11.5. The highest BCUT2D eigenvalue weighted by atomic mass is 16.5. The molecule has 104 valence electrons. The summed E-state index contributed by atoms with van der Waals surface area (Å²) in [7, 11) is 0. The SMILES string of the molecule is CCC(=O)c1cccc(-c2nc(-c3cccnc3)no2)c1. The fourth-order valence-electron chi connectivity index (χ4n) is 1.98. The number of carbonyl (C=O) groups excluding carboxylic acids is 1. The van der Waals surface area contributed by atoms with Gasteiger partial charge in [0.2, 0.25) is 5.82 Å². The van der Waals surface area contributed by atoms with Gasteiger partial charge < -0.3 is 4.52 Å². The molecule has 5 nitrogen and oxygen atoms in total. The Balaban J connectivity index is 1.95. The molecule has 0 unspecified atom stereocenters. The van der Waals surface area contributed by atoms with E-state index >= 15 is 0 Å². The van der Waals surface area contributed by atoms with E-state index < -0.39 is 0 Å². The molecule has 0 aliphatic carbocycles. The van der Waals surface area contributed by atoms with Crippen LogP contribution >= 0.6 is 0 Å². The highest BCUT2D eigenvalue weighted by Crippen LogP contribution is 2.22. The predicted octanol–water partition coefficient (Wildman–Crippen LogP) is 3.39. The lowest BCUT2D eigenvalue weighted by atomic mass is 10.1. The Labute approximate surface area is 121 Å². The molecule has 0 atom stereocenters. The van der Waals surface area contributed by atoms with Crippen molar-refractivity contribution in [1.82, 2.24) is 15.1 Å². The molecule has 0 fully saturated rings. The smallest absolute Gasteiger partial charge is 0.258 e. The van der Waals surface area contributed by atoms with E-state index in [1.54, 1.807) is 24.5 Å². The van der Waals surface area contributed by atoms with Crippen molar-refractivity contribution in [1.29, 1.82) is 0 Å². The molecule has 0 amide bonds. The van der Waals surface area contributed by atoms with Gasteiger partial charge in [0.25, 0.3) is 5.89 Å². The van der Waals surface area contributed by atoms with Crippen LogP contribution in [0.4, 0.5) is 0 Å². The Hall–Kier alpha value is -2.82. The van der Waals surface area contributed by atoms with Gasteiger partial charge in [-0.15, -0.1) is 0 Å². The van der Waals surface area contributed by atoms with Crippen molar-refractivity contribution in [2.45, 2.75) is 13.3 Å². The first kappa shape index (κ1) is 13.2. The van der Waals surface area contributed by atoms with E-state index in [2.05, 4.69) is 15.1 Å². The molecule has 0 spiro atoms. The molecule has 3 rings (SSSR count). The van der Waals surface area contributed by atoms with Gasteiger partial charge in [-0.3, -0.25) is 9.78 Å². The number of aromatic nitrogens is 3. The van der Waals surface area contributed by atoms with Crippen molar-refractivity contribution in [2.75, 3.05) is 0 Å². The van der Waals surface area contributed by atoms with Gasteiger partial charge in [0, 0.05) is 35.5 Å². The molecule has 2 heterocycles. The van der Waals surface area contributed by atoms with E-state index in [9.17, 15) is 4.79 Å². The van der Waals surface area contributed by atoms with E-state index in [4.69, 9.17) is 4.52 Å². The third kappa shape index (κ3) is 2.72. The van der Waals surface area contributed by atoms with Crippen molar-refractivity contribution in [3.05, 3.63) is 54.4 Å². The molecule has 21 heavy (non-hydrogen) atoms. The first-order valence-corrected chi connectivity index (χ1v) is 6.65. The van der Waals surface area contributed by atoms with Gasteiger partial charge in [0.15, 0.2) is 5.78 Å². The second-order valence-corrected chi connectivity index (χ2v) is 4.52. The van der Waals surface area contributed by atoms with Crippen LogP contribution in [0.3, 0.4) is 0 Å². The summed E-state index contributed by atoms with van der Waals surface area (Å²) < 4.78 is 5.27. The van der Waals surface area contributed by atoms with Crippen molar-refractivity contribution in [3.8, 4) is 22.8 Å². The Bertz CT molecular complexity index is 766. The average Bonchev–Trinajstić information content (AvgIpc) is 3.05. The van der Waals surface area contributed by atoms with Gasteiger partial charge >= 0.3 is 0 Å². The molecule has 0 saturated carbocycles. The zero-order chi connectivity index (χ0) is 14.7. The fraction of sp³-hybridized carbons (Fsp3) is 0.125. The maximum atomic E-state index is 11.7. The monoisotopic (exact) mass is 279 g/mol. The number of Topliss-reactive ketones (excluding diaryl/α,β-unsaturated/α-hetero) is 1. The topological polar surface area (TPSA) is 68.9 Å². The summed E-state index contributed by atoms with van der Waals surface area (Å²) in [6.45, 7) is 1.84. The van der Waals surface area contributed by atoms with Crippen LogP contribution in [0.25, 0.3) is 22.8 Å². The number of nitrogens with zero attached hydrogens (tertiary/aromatic N) is 3. The highest BCUT2D eigenvalue weighted by molar-refractivity contribution is 5.96. The first-order valence-electron chi connectivity index (χ1n) is 6.65. The van der Waals surface area contributed by atoms with E-state index in [1.807, 2.05) is 31.2 Å². The summed E-state index contributed by atoms with van der Waals surface area (Å²) in [5.74, 6) is 0.953. The summed E-state index contributed by atoms with van der Waals surface area (Å²) in [6.07, 6.45) is 3.82. The molecule has 5 heteroatoms. The fourth-order valence-corrected chi connectivity index (χ4v) is 1.98. The van der Waals surface area contributed by atoms with Gasteiger partial charge in [-0.2, -0.15) is 4.98 Å². The van der Waals surface area contributed by atoms with E-state index in [0.717, 1.165) is 11.1 Å². The van der Waals surface area contributed by atoms with Crippen LogP contribution in [0.1, 0.15) is 23.7 Å². The number of hydrogen-bond acceptors (Lipinski definition) is 5. The molecule has 2 aromatic heterocycles. The molecule has 0 saturated heterocycles. The Morgan fingerprint density at radius 3 is 2.81 bits per heavy atom. The van der Waals surface area contributed by atoms with Crippen LogP contribution in [-0.2, 0) is 0 Å². The lowest BCUT2D eigenvalue weighted by molar-refractivity contribution is 0.0988. The molecular weight excluding hydrogens is 266 g/mol. The summed E-state index contributed by atoms with van der Waals surface area (Å²) >= 11 is 0. The number of ketones is 1. The summed E-state index contributed by atoms with van der Waals surface area (Å²) in [4.78, 5) is 20.1. The van der Waals surface area contributed by atoms with Crippen LogP contribution in [0.15, 0.2) is 53.3 Å². The lowest BCUT2D eigenvalue weighted by Crippen LogP contribution is -1.96. The standard InChI is InChI=1S/C16H13N3O2/c1-2-14(20)11-5-3-6-12(9-11)16-18-15(19-21-16)13-7-4-8-17-10-13/h3-10H,2H2,1H3. The van der Waals surface area contributed by atoms with Crippen LogP contribution in [0.5, 0.6) is 0 Å². The third-order valence-electron chi connectivity index (χ3n) is 3.10. The molecule has 0 radical (unpaired) electrons. The molecule has 3 aromatic rings. The van der Waals surface area contributed by atoms with E-state index in [0.29, 0.717) is 23.7 Å². The molecule has 0 aliphatic rings. The molecule has 1 aromatic carbocycles. The summed E-state index contributed by atoms with van der Waals surface area (Å²) in [5, 5.41) is 3.95. The van der Waals surface area contributed by atoms with Crippen molar-refractivity contribution in [3.63, 3.8) is 0 Å². The average molecular weight is 279 g/mol. The second kappa shape index (κ2) is 5.66. The van der Waals surface area contributed by atoms with Crippen molar-refractivity contribution < 1.29 is 9.32 Å². The minimum absolute atomic E-state index is 0.0869. The van der Waals surface area contributed by atoms with Crippen LogP contribution in [0.2, 0.25) is 0 Å². The second-order valence-electron chi connectivity index (χ2n) is 4.52. The Morgan fingerprint density at radius 1 is 1.19 bits per heavy atom. The number of hydrogen-bond donors (Lipinski definition) is 0. The van der Waals surface area contributed by atoms with Crippen molar-refractivity contribution in [2.24, 2.45) is 0 Å². The zero-order valence-electron chi connectivity index (χ0n) is 11.5. The predicted molar refractivity (Wildman–Crippen MR) is 77.6 cm³/mol. The summed E-state index contributed by atoms with van der Waals surface area (Å²) in [6, 6.07) is 10.9. The number of carbonyl (C=O) groups is 1. The summed E-state index contributed by atoms with van der Waals surface area (Å²) in [5.41, 5.74) is 2.17. The van der Waals surface area contributed by atoms with Crippen LogP contribution in [0, 0.1) is 0 Å². The third-order valence-corrected chi connectivity index (χ3v) is 3.10. The van der Waals surface area contributed by atoms with Gasteiger partial charge in [-0.25, -0.2) is 0 Å². The van der Waals surface area contributed by atoms with Crippen LogP contribution < -0.4 is 0 Å². The minimum atomic E-state index is 0.0869. The number of pyridine rings is 1. The van der Waals surface area contributed by atoms with E-state index in [1.165, 1.54) is 0 Å². The molecular formula is C16H13N3O2. The highest BCUT2D eigenvalue weighted by Gasteiger charge is 2.12. The lowest BCUT2D eigenvalue weighted by Gasteiger charge is -1.99. The maximum absolute atomic E-state index is 11.7. The van der Waals surface area contributed by atoms with Crippen molar-refractivity contribution >= 4 is 5.78 Å². The van der Waals surface area contributed by atoms with Crippen LogP contribution in [-0.4, -0.2) is 20.9 Å². The number of benzene rings is 1. The van der Waals surface area contributed by atoms with Gasteiger partial charge in [0.05, 0.1) is 0 Å². The first-order chi connectivity index (χ1) is 10.3. The van der Waals surface area contributed by atoms with Gasteiger partial charge in [-0.1, -0.05) is 24.2 Å². The largest absolute Gasteiger partial charge is 0.334 e. The quantitative estimate of drug-likeness (QED) is 0.685. The van der Waals surface area contributed by atoms with E-state index in [-0.39, 0.29) is 5.78 Å². The molecule has 0 aliphatic heterocycles.